The van der Waals surface area contributed by atoms with Crippen LogP contribution in [0, 0.1) is 4.91 Å². The number of nitrogens with one attached hydrogen (secondary N) is 1. The summed E-state index contributed by atoms with van der Waals surface area (Å²) in [6, 6.07) is 0. The molecular formula is C2H5N2O3S+. The molecule has 0 spiro atoms. The zero-order valence-electron chi connectivity index (χ0n) is 3.99. The van der Waals surface area contributed by atoms with Crippen molar-refractivity contribution in [1.82, 2.24) is 4.83 Å². The highest BCUT2D eigenvalue weighted by atomic mass is 32.2. The van der Waals surface area contributed by atoms with Gasteiger partial charge < -0.3 is 0 Å². The maximum absolute atomic E-state index is 10.3. The Morgan fingerprint density at radius 3 is 2.25 bits per heavy atom. The van der Waals surface area contributed by atoms with Gasteiger partial charge in [0.1, 0.15) is 10.6 Å². The molecule has 0 atom stereocenters. The normalized spacial score (nSPS) is 25.2. The SMILES string of the molecule is O=[N+]1CCS(=O)(=O)N1. The zero-order valence-corrected chi connectivity index (χ0v) is 4.81. The molecule has 1 N–H and O–H groups in total. The van der Waals surface area contributed by atoms with Crippen LogP contribution in [0.2, 0.25) is 0 Å². The summed E-state index contributed by atoms with van der Waals surface area (Å²) in [6.07, 6.45) is 0. The number of hydrogen-bond donors (Lipinski definition) is 1. The van der Waals surface area contributed by atoms with Crippen LogP contribution in [-0.4, -0.2) is 25.6 Å². The standard InChI is InChI=1S/C2H5N2O3S/c5-4-1-2-8(6,7)3-4/h1-2H2,(H,3,5)/q+1. The van der Waals surface area contributed by atoms with Crippen LogP contribution >= 0.6 is 0 Å². The van der Waals surface area contributed by atoms with Gasteiger partial charge in [-0.15, -0.1) is 0 Å². The van der Waals surface area contributed by atoms with E-state index in [1.807, 2.05) is 0 Å². The Morgan fingerprint density at radius 2 is 2.12 bits per heavy atom. The maximum atomic E-state index is 10.3. The second-order valence-electron chi connectivity index (χ2n) is 1.51. The fourth-order valence-corrected chi connectivity index (χ4v) is 1.35. The van der Waals surface area contributed by atoms with E-state index in [1.165, 1.54) is 0 Å². The molecule has 1 fully saturated rings. The van der Waals surface area contributed by atoms with Gasteiger partial charge in [-0.3, -0.25) is 0 Å². The Kier molecular flexibility index (Phi) is 0.968. The molecule has 0 radical (unpaired) electrons. The fourth-order valence-electron chi connectivity index (χ4n) is 0.450. The summed E-state index contributed by atoms with van der Waals surface area (Å²) >= 11 is 0. The van der Waals surface area contributed by atoms with Gasteiger partial charge in [-0.1, -0.05) is 0 Å². The van der Waals surface area contributed by atoms with Gasteiger partial charge in [0.05, 0.1) is 4.91 Å². The van der Waals surface area contributed by atoms with Crippen LogP contribution in [0.3, 0.4) is 0 Å². The van der Waals surface area contributed by atoms with Crippen LogP contribution in [-0.2, 0) is 10.0 Å². The Bertz CT molecular complexity index is 205. The van der Waals surface area contributed by atoms with E-state index >= 15 is 0 Å². The van der Waals surface area contributed by atoms with Gasteiger partial charge in [0.2, 0.25) is 6.54 Å². The molecule has 5 nitrogen and oxygen atoms in total. The first kappa shape index (κ1) is 5.49. The van der Waals surface area contributed by atoms with Crippen LogP contribution in [0.4, 0.5) is 0 Å². The third kappa shape index (κ3) is 0.945. The fraction of sp³-hybridized carbons (Fsp3) is 1.00. The number of hydrogen-bond acceptors (Lipinski definition) is 3. The van der Waals surface area contributed by atoms with Gasteiger partial charge in [-0.05, 0) is 4.83 Å². The van der Waals surface area contributed by atoms with E-state index in [9.17, 15) is 13.3 Å². The third-order valence-electron chi connectivity index (χ3n) is 0.804. The molecule has 1 aliphatic heterocycles. The first-order valence-electron chi connectivity index (χ1n) is 2.05. The van der Waals surface area contributed by atoms with Crippen molar-refractivity contribution in [3.05, 3.63) is 4.91 Å². The summed E-state index contributed by atoms with van der Waals surface area (Å²) < 4.78 is 20.6. The molecule has 0 aromatic carbocycles. The summed E-state index contributed by atoms with van der Waals surface area (Å²) in [5.41, 5.74) is 0. The average molecular weight is 137 g/mol. The monoisotopic (exact) mass is 137 g/mol. The Morgan fingerprint density at radius 1 is 1.50 bits per heavy atom. The quantitative estimate of drug-likeness (QED) is 0.418. The molecule has 1 heterocycles. The first-order chi connectivity index (χ1) is 3.60. The molecule has 0 aromatic rings. The van der Waals surface area contributed by atoms with Gasteiger partial charge in [0.15, 0.2) is 0 Å². The topological polar surface area (TPSA) is 66.2 Å². The smallest absolute Gasteiger partial charge is 0.202 e. The number of sulfonamides is 1. The summed E-state index contributed by atoms with van der Waals surface area (Å²) in [5.74, 6) is -0.0868. The molecule has 0 aliphatic carbocycles. The highest BCUT2D eigenvalue weighted by Crippen LogP contribution is 1.91. The summed E-state index contributed by atoms with van der Waals surface area (Å²) in [6.45, 7) is 0.0301. The minimum Gasteiger partial charge on any atom is -0.202 e. The molecule has 0 saturated carbocycles. The lowest BCUT2D eigenvalue weighted by Crippen LogP contribution is -2.21. The minimum atomic E-state index is -3.23. The van der Waals surface area contributed by atoms with Crippen molar-refractivity contribution in [2.45, 2.75) is 0 Å². The van der Waals surface area contributed by atoms with Crippen molar-refractivity contribution >= 4 is 10.0 Å². The van der Waals surface area contributed by atoms with Gasteiger partial charge in [0.25, 0.3) is 10.0 Å². The van der Waals surface area contributed by atoms with Crippen LogP contribution in [0.25, 0.3) is 0 Å². The van der Waals surface area contributed by atoms with E-state index < -0.39 is 10.0 Å². The second kappa shape index (κ2) is 1.41. The van der Waals surface area contributed by atoms with Crippen LogP contribution in [0.1, 0.15) is 0 Å². The molecule has 0 bridgehead atoms. The van der Waals surface area contributed by atoms with E-state index in [0.717, 1.165) is 0 Å². The van der Waals surface area contributed by atoms with Crippen molar-refractivity contribution in [2.24, 2.45) is 0 Å². The highest BCUT2D eigenvalue weighted by Gasteiger charge is 2.30. The number of nitrogens with zero attached hydrogens (tertiary/aromatic N) is 1. The lowest BCUT2D eigenvalue weighted by molar-refractivity contribution is -0.572. The van der Waals surface area contributed by atoms with Crippen molar-refractivity contribution in [2.75, 3.05) is 12.3 Å². The molecule has 8 heavy (non-hydrogen) atoms. The molecule has 46 valence electrons. The lowest BCUT2D eigenvalue weighted by Gasteiger charge is -1.77. The molecule has 0 aromatic heterocycles. The summed E-state index contributed by atoms with van der Waals surface area (Å²) in [7, 11) is -3.23. The predicted octanol–water partition coefficient (Wildman–Crippen LogP) is -1.39. The first-order valence-corrected chi connectivity index (χ1v) is 3.70. The second-order valence-corrected chi connectivity index (χ2v) is 3.33. The van der Waals surface area contributed by atoms with Gasteiger partial charge >= 0.3 is 0 Å². The lowest BCUT2D eigenvalue weighted by atomic mass is 10.8. The van der Waals surface area contributed by atoms with Crippen LogP contribution < -0.4 is 4.83 Å². The van der Waals surface area contributed by atoms with Gasteiger partial charge in [-0.25, -0.2) is 8.42 Å². The molecule has 0 amide bonds. The molecular weight excluding hydrogens is 132 g/mol. The average Bonchev–Trinajstić information content (AvgIpc) is 1.82. The van der Waals surface area contributed by atoms with Crippen molar-refractivity contribution in [3.63, 3.8) is 0 Å². The molecule has 6 heteroatoms. The number of rotatable bonds is 0. The Labute approximate surface area is 46.3 Å². The molecule has 1 saturated heterocycles. The van der Waals surface area contributed by atoms with E-state index in [2.05, 4.69) is 0 Å². The van der Waals surface area contributed by atoms with E-state index in [-0.39, 0.29) is 12.3 Å². The Balaban J connectivity index is 2.86. The van der Waals surface area contributed by atoms with E-state index in [1.54, 1.807) is 4.83 Å². The predicted molar refractivity (Wildman–Crippen MR) is 25.4 cm³/mol. The highest BCUT2D eigenvalue weighted by molar-refractivity contribution is 7.89. The Hall–Kier alpha value is -0.650. The third-order valence-corrected chi connectivity index (χ3v) is 2.01. The molecule has 0 unspecified atom stereocenters. The molecule has 1 rings (SSSR count). The van der Waals surface area contributed by atoms with Crippen molar-refractivity contribution < 1.29 is 13.3 Å². The number of nitroso groups, excluding NO2 is 1. The van der Waals surface area contributed by atoms with Crippen molar-refractivity contribution in [1.29, 1.82) is 0 Å². The number of hydrazine groups is 1. The largest absolute Gasteiger partial charge is 0.287 e. The van der Waals surface area contributed by atoms with Crippen molar-refractivity contribution in [3.8, 4) is 0 Å². The van der Waals surface area contributed by atoms with Crippen LogP contribution in [0.15, 0.2) is 0 Å². The zero-order chi connectivity index (χ0) is 6.20. The van der Waals surface area contributed by atoms with Gasteiger partial charge in [0, 0.05) is 0 Å². The van der Waals surface area contributed by atoms with Crippen LogP contribution in [0.5, 0.6) is 0 Å². The summed E-state index contributed by atoms with van der Waals surface area (Å²) in [5, 5.41) is 0. The minimum absolute atomic E-state index is 0.0301. The maximum Gasteiger partial charge on any atom is 0.287 e. The summed E-state index contributed by atoms with van der Waals surface area (Å²) in [4.78, 5) is 12.1. The van der Waals surface area contributed by atoms with E-state index in [4.69, 9.17) is 0 Å². The van der Waals surface area contributed by atoms with Gasteiger partial charge in [-0.2, -0.15) is 0 Å². The molecule has 1 aliphatic rings. The van der Waals surface area contributed by atoms with E-state index in [0.29, 0.717) is 4.87 Å².